The molecule has 7 nitrogen and oxygen atoms in total. The van der Waals surface area contributed by atoms with Crippen LogP contribution in [0.15, 0.2) is 77.7 Å². The Morgan fingerprint density at radius 1 is 0.947 bits per heavy atom. The number of ether oxygens (including phenoxy) is 2. The molecule has 200 valence electrons. The van der Waals surface area contributed by atoms with Gasteiger partial charge in [0.05, 0.1) is 23.1 Å². The molecule has 1 N–H and O–H groups in total. The maximum absolute atomic E-state index is 12.6. The van der Waals surface area contributed by atoms with Crippen molar-refractivity contribution >= 4 is 10.0 Å². The molecule has 1 aliphatic heterocycles. The Morgan fingerprint density at radius 2 is 1.55 bits per heavy atom. The van der Waals surface area contributed by atoms with E-state index in [1.54, 1.807) is 12.1 Å². The average molecular weight is 546 g/mol. The fraction of sp³-hybridized carbons (Fsp3) is 0.296. The van der Waals surface area contributed by atoms with E-state index >= 15 is 0 Å². The van der Waals surface area contributed by atoms with Crippen molar-refractivity contribution in [3.63, 3.8) is 0 Å². The second kappa shape index (κ2) is 11.9. The van der Waals surface area contributed by atoms with Crippen LogP contribution in [0.2, 0.25) is 0 Å². The Kier molecular flexibility index (Phi) is 8.56. The predicted molar refractivity (Wildman–Crippen MR) is 135 cm³/mol. The molecule has 1 fully saturated rings. The number of likely N-dealkylation sites (tertiary alicyclic amines) is 1. The topological polar surface area (TPSA) is 91.7 Å². The summed E-state index contributed by atoms with van der Waals surface area (Å²) in [7, 11) is -3.87. The minimum atomic E-state index is -4.84. The molecule has 0 saturated carbocycles. The number of nitrogens with zero attached hydrogens (tertiary/aromatic N) is 2. The van der Waals surface area contributed by atoms with Crippen LogP contribution >= 0.6 is 0 Å². The van der Waals surface area contributed by atoms with Gasteiger partial charge in [-0.05, 0) is 79.0 Å². The summed E-state index contributed by atoms with van der Waals surface area (Å²) in [5, 5.41) is 8.92. The van der Waals surface area contributed by atoms with Gasteiger partial charge in [0, 0.05) is 19.1 Å². The highest BCUT2D eigenvalue weighted by atomic mass is 32.2. The molecule has 0 aliphatic carbocycles. The first-order valence-electron chi connectivity index (χ1n) is 12.0. The van der Waals surface area contributed by atoms with Gasteiger partial charge in [0.1, 0.15) is 11.5 Å². The predicted octanol–water partition coefficient (Wildman–Crippen LogP) is 4.95. The lowest BCUT2D eigenvalue weighted by molar-refractivity contribution is -0.274. The molecule has 38 heavy (non-hydrogen) atoms. The summed E-state index contributed by atoms with van der Waals surface area (Å²) in [4.78, 5) is 2.02. The standard InChI is InChI=1S/C27H26F3N3O4S/c28-27(29,30)37-25-10-12-26(13-11-25)38(34,35)32-23-14-16-33(19-23)15-1-17-36-24-8-6-22(7-9-24)21-4-2-20(18-31)3-5-21/h2-13,23,32H,1,14-17,19H2. The molecule has 1 atom stereocenters. The number of nitrogens with one attached hydrogen (secondary N) is 1. The number of sulfonamides is 1. The van der Waals surface area contributed by atoms with E-state index in [0.717, 1.165) is 60.7 Å². The van der Waals surface area contributed by atoms with Crippen LogP contribution in [0.1, 0.15) is 18.4 Å². The summed E-state index contributed by atoms with van der Waals surface area (Å²) < 4.78 is 74.4. The van der Waals surface area contributed by atoms with Gasteiger partial charge in [0.15, 0.2) is 0 Å². The summed E-state index contributed by atoms with van der Waals surface area (Å²) in [5.41, 5.74) is 2.66. The molecular formula is C27H26F3N3O4S. The Morgan fingerprint density at radius 3 is 2.16 bits per heavy atom. The van der Waals surface area contributed by atoms with Gasteiger partial charge < -0.3 is 14.4 Å². The van der Waals surface area contributed by atoms with Crippen LogP contribution in [0.3, 0.4) is 0 Å². The van der Waals surface area contributed by atoms with Gasteiger partial charge in [-0.15, -0.1) is 13.2 Å². The second-order valence-corrected chi connectivity index (χ2v) is 10.6. The fourth-order valence-corrected chi connectivity index (χ4v) is 5.46. The lowest BCUT2D eigenvalue weighted by atomic mass is 10.0. The third-order valence-corrected chi connectivity index (χ3v) is 7.59. The summed E-state index contributed by atoms with van der Waals surface area (Å²) in [5.74, 6) is 0.272. The summed E-state index contributed by atoms with van der Waals surface area (Å²) in [6.45, 7) is 2.51. The van der Waals surface area contributed by atoms with E-state index in [9.17, 15) is 21.6 Å². The van der Waals surface area contributed by atoms with E-state index in [1.165, 1.54) is 0 Å². The second-order valence-electron chi connectivity index (χ2n) is 8.84. The largest absolute Gasteiger partial charge is 0.573 e. The van der Waals surface area contributed by atoms with Crippen molar-refractivity contribution in [1.29, 1.82) is 5.26 Å². The van der Waals surface area contributed by atoms with Crippen LogP contribution in [0.4, 0.5) is 13.2 Å². The monoisotopic (exact) mass is 545 g/mol. The third-order valence-electron chi connectivity index (χ3n) is 6.05. The average Bonchev–Trinajstić information content (AvgIpc) is 3.33. The molecule has 1 saturated heterocycles. The van der Waals surface area contributed by atoms with Gasteiger partial charge in [-0.1, -0.05) is 24.3 Å². The zero-order chi connectivity index (χ0) is 27.2. The third kappa shape index (κ3) is 7.71. The van der Waals surface area contributed by atoms with Crippen molar-refractivity contribution in [2.45, 2.75) is 30.1 Å². The highest BCUT2D eigenvalue weighted by Crippen LogP contribution is 2.25. The molecule has 1 unspecified atom stereocenters. The smallest absolute Gasteiger partial charge is 0.494 e. The highest BCUT2D eigenvalue weighted by molar-refractivity contribution is 7.89. The Labute approximate surface area is 219 Å². The maximum Gasteiger partial charge on any atom is 0.573 e. The van der Waals surface area contributed by atoms with Crippen LogP contribution in [-0.4, -0.2) is 52.0 Å². The van der Waals surface area contributed by atoms with E-state index in [2.05, 4.69) is 20.4 Å². The lowest BCUT2D eigenvalue weighted by Gasteiger charge is -2.17. The number of benzene rings is 3. The van der Waals surface area contributed by atoms with E-state index in [1.807, 2.05) is 36.4 Å². The minimum Gasteiger partial charge on any atom is -0.494 e. The molecule has 3 aromatic carbocycles. The van der Waals surface area contributed by atoms with Crippen molar-refractivity contribution in [1.82, 2.24) is 9.62 Å². The van der Waals surface area contributed by atoms with Crippen molar-refractivity contribution in [3.05, 3.63) is 78.4 Å². The quantitative estimate of drug-likeness (QED) is 0.363. The molecule has 0 amide bonds. The SMILES string of the molecule is N#Cc1ccc(-c2ccc(OCCCN3CCC(NS(=O)(=O)c4ccc(OC(F)(F)F)cc4)C3)cc2)cc1. The number of nitriles is 1. The number of hydrogen-bond donors (Lipinski definition) is 1. The summed E-state index contributed by atoms with van der Waals surface area (Å²) in [6, 6.07) is 21.0. The van der Waals surface area contributed by atoms with Gasteiger partial charge in [-0.25, -0.2) is 13.1 Å². The number of hydrogen-bond acceptors (Lipinski definition) is 6. The first-order chi connectivity index (χ1) is 18.1. The Hall–Kier alpha value is -3.59. The molecular weight excluding hydrogens is 519 g/mol. The van der Waals surface area contributed by atoms with Crippen molar-refractivity contribution in [2.24, 2.45) is 0 Å². The number of alkyl halides is 3. The molecule has 4 rings (SSSR count). The molecule has 1 heterocycles. The fourth-order valence-electron chi connectivity index (χ4n) is 4.20. The maximum atomic E-state index is 12.6. The van der Waals surface area contributed by atoms with Crippen LogP contribution in [0.25, 0.3) is 11.1 Å². The van der Waals surface area contributed by atoms with Crippen molar-refractivity contribution in [3.8, 4) is 28.7 Å². The number of halogens is 3. The minimum absolute atomic E-state index is 0.121. The number of rotatable bonds is 10. The normalized spacial score (nSPS) is 16.2. The molecule has 0 spiro atoms. The molecule has 11 heteroatoms. The Balaban J connectivity index is 1.18. The van der Waals surface area contributed by atoms with E-state index in [0.29, 0.717) is 25.1 Å². The zero-order valence-corrected chi connectivity index (χ0v) is 21.1. The van der Waals surface area contributed by atoms with Crippen molar-refractivity contribution in [2.75, 3.05) is 26.2 Å². The molecule has 1 aliphatic rings. The Bertz CT molecular complexity index is 1360. The molecule has 0 bridgehead atoms. The van der Waals surface area contributed by atoms with Gasteiger partial charge >= 0.3 is 6.36 Å². The van der Waals surface area contributed by atoms with E-state index in [4.69, 9.17) is 10.00 Å². The highest BCUT2D eigenvalue weighted by Gasteiger charge is 2.31. The van der Waals surface area contributed by atoms with Crippen LogP contribution in [-0.2, 0) is 10.0 Å². The van der Waals surface area contributed by atoms with Crippen LogP contribution < -0.4 is 14.2 Å². The lowest BCUT2D eigenvalue weighted by Crippen LogP contribution is -2.37. The summed E-state index contributed by atoms with van der Waals surface area (Å²) >= 11 is 0. The van der Waals surface area contributed by atoms with Gasteiger partial charge in [0.25, 0.3) is 0 Å². The molecule has 0 aromatic heterocycles. The first-order valence-corrected chi connectivity index (χ1v) is 13.4. The van der Waals surface area contributed by atoms with Crippen LogP contribution in [0, 0.1) is 11.3 Å². The van der Waals surface area contributed by atoms with E-state index < -0.39 is 22.1 Å². The first kappa shape index (κ1) is 27.4. The van der Waals surface area contributed by atoms with Crippen molar-refractivity contribution < 1.29 is 31.1 Å². The van der Waals surface area contributed by atoms with Gasteiger partial charge in [0.2, 0.25) is 10.0 Å². The summed E-state index contributed by atoms with van der Waals surface area (Å²) in [6.07, 6.45) is -3.45. The van der Waals surface area contributed by atoms with Crippen LogP contribution in [0.5, 0.6) is 11.5 Å². The molecule has 3 aromatic rings. The van der Waals surface area contributed by atoms with Gasteiger partial charge in [-0.3, -0.25) is 0 Å². The zero-order valence-electron chi connectivity index (χ0n) is 20.3. The van der Waals surface area contributed by atoms with E-state index in [-0.39, 0.29) is 10.9 Å². The molecule has 0 radical (unpaired) electrons. The van der Waals surface area contributed by atoms with Gasteiger partial charge in [-0.2, -0.15) is 5.26 Å².